The molecule has 0 aliphatic heterocycles. The van der Waals surface area contributed by atoms with Gasteiger partial charge in [0.1, 0.15) is 0 Å². The average Bonchev–Trinajstić information content (AvgIpc) is 2.54. The highest BCUT2D eigenvalue weighted by molar-refractivity contribution is 7.91. The zero-order valence-electron chi connectivity index (χ0n) is 14.4. The van der Waals surface area contributed by atoms with E-state index in [1.165, 1.54) is 19.1 Å². The molecule has 8 heteroatoms. The maximum atomic E-state index is 12.7. The molecule has 0 aromatic heterocycles. The molecule has 2 aromatic rings. The number of nitrogens with one attached hydrogen (secondary N) is 1. The molecule has 6 nitrogen and oxygen atoms in total. The number of hydrogen-bond donors (Lipinski definition) is 2. The van der Waals surface area contributed by atoms with Crippen molar-refractivity contribution < 1.29 is 16.8 Å². The third-order valence-electron chi connectivity index (χ3n) is 3.87. The highest BCUT2D eigenvalue weighted by Gasteiger charge is 2.23. The first kappa shape index (κ1) is 19.6. The Morgan fingerprint density at radius 2 is 1.56 bits per heavy atom. The van der Waals surface area contributed by atoms with Crippen molar-refractivity contribution in [3.63, 3.8) is 0 Å². The second-order valence-electron chi connectivity index (χ2n) is 6.03. The van der Waals surface area contributed by atoms with E-state index in [9.17, 15) is 16.8 Å². The third kappa shape index (κ3) is 4.66. The van der Waals surface area contributed by atoms with Crippen LogP contribution in [0.4, 0.5) is 0 Å². The number of hydrogen-bond acceptors (Lipinski definition) is 5. The summed E-state index contributed by atoms with van der Waals surface area (Å²) in [6, 6.07) is 11.6. The smallest absolute Gasteiger partial charge is 0.240 e. The molecule has 0 saturated heterocycles. The first-order valence-corrected chi connectivity index (χ1v) is 11.0. The molecule has 2 aromatic carbocycles. The topological polar surface area (TPSA) is 106 Å². The first-order valence-electron chi connectivity index (χ1n) is 7.64. The van der Waals surface area contributed by atoms with E-state index < -0.39 is 25.9 Å². The Morgan fingerprint density at radius 1 is 1.00 bits per heavy atom. The summed E-state index contributed by atoms with van der Waals surface area (Å²) < 4.78 is 51.6. The summed E-state index contributed by atoms with van der Waals surface area (Å²) in [4.78, 5) is -0.0339. The van der Waals surface area contributed by atoms with Gasteiger partial charge in [0.05, 0.1) is 9.79 Å². The molecule has 3 N–H and O–H groups in total. The van der Waals surface area contributed by atoms with Crippen LogP contribution in [0.3, 0.4) is 0 Å². The number of sulfonamides is 1. The highest BCUT2D eigenvalue weighted by atomic mass is 32.2. The lowest BCUT2D eigenvalue weighted by Gasteiger charge is -2.16. The lowest BCUT2D eigenvalue weighted by atomic mass is 10.1. The van der Waals surface area contributed by atoms with E-state index >= 15 is 0 Å². The Balaban J connectivity index is 2.33. The van der Waals surface area contributed by atoms with Crippen molar-refractivity contribution in [3.8, 4) is 0 Å². The SMILES string of the molecule is Cc1cc(S(C)(=O)=O)c(C)c(S(=O)(=O)NCC(N)c2ccccc2)c1. The van der Waals surface area contributed by atoms with Gasteiger partial charge in [0.15, 0.2) is 9.84 Å². The van der Waals surface area contributed by atoms with Crippen LogP contribution >= 0.6 is 0 Å². The van der Waals surface area contributed by atoms with Crippen molar-refractivity contribution >= 4 is 19.9 Å². The van der Waals surface area contributed by atoms with Gasteiger partial charge in [-0.15, -0.1) is 0 Å². The molecular formula is C17H22N2O4S2. The van der Waals surface area contributed by atoms with Gasteiger partial charge in [-0.3, -0.25) is 0 Å². The summed E-state index contributed by atoms with van der Waals surface area (Å²) in [6.45, 7) is 3.15. The first-order chi connectivity index (χ1) is 11.5. The highest BCUT2D eigenvalue weighted by Crippen LogP contribution is 2.25. The van der Waals surface area contributed by atoms with Gasteiger partial charge in [0, 0.05) is 18.8 Å². The molecule has 1 unspecified atom stereocenters. The molecule has 25 heavy (non-hydrogen) atoms. The van der Waals surface area contributed by atoms with Crippen LogP contribution in [0.15, 0.2) is 52.3 Å². The van der Waals surface area contributed by atoms with E-state index in [1.54, 1.807) is 6.92 Å². The molecule has 0 radical (unpaired) electrons. The number of benzene rings is 2. The van der Waals surface area contributed by atoms with Gasteiger partial charge in [-0.2, -0.15) is 0 Å². The van der Waals surface area contributed by atoms with Crippen LogP contribution < -0.4 is 10.5 Å². The van der Waals surface area contributed by atoms with Crippen LogP contribution in [0.25, 0.3) is 0 Å². The fraction of sp³-hybridized carbons (Fsp3) is 0.294. The molecule has 0 bridgehead atoms. The van der Waals surface area contributed by atoms with Crippen LogP contribution in [0.5, 0.6) is 0 Å². The molecule has 0 fully saturated rings. The fourth-order valence-electron chi connectivity index (χ4n) is 2.55. The molecular weight excluding hydrogens is 360 g/mol. The number of nitrogens with two attached hydrogens (primary N) is 1. The molecule has 136 valence electrons. The van der Waals surface area contributed by atoms with Gasteiger partial charge in [-0.25, -0.2) is 21.6 Å². The van der Waals surface area contributed by atoms with Crippen LogP contribution in [-0.4, -0.2) is 29.6 Å². The van der Waals surface area contributed by atoms with Gasteiger partial charge in [-0.05, 0) is 42.7 Å². The third-order valence-corrected chi connectivity index (χ3v) is 6.64. The van der Waals surface area contributed by atoms with Gasteiger partial charge in [-0.1, -0.05) is 30.3 Å². The minimum Gasteiger partial charge on any atom is -0.323 e. The maximum absolute atomic E-state index is 12.7. The molecule has 0 heterocycles. The van der Waals surface area contributed by atoms with E-state index in [2.05, 4.69) is 4.72 Å². The monoisotopic (exact) mass is 382 g/mol. The van der Waals surface area contributed by atoms with E-state index in [4.69, 9.17) is 5.73 Å². The quantitative estimate of drug-likeness (QED) is 0.791. The van der Waals surface area contributed by atoms with Crippen LogP contribution in [0.1, 0.15) is 22.7 Å². The average molecular weight is 383 g/mol. The standard InChI is InChI=1S/C17H22N2O4S2/c1-12-9-16(24(3,20)21)13(2)17(10-12)25(22,23)19-11-15(18)14-7-5-4-6-8-14/h4-10,15,19H,11,18H2,1-3H3. The Bertz CT molecular complexity index is 969. The second kappa shape index (κ2) is 7.25. The summed E-state index contributed by atoms with van der Waals surface area (Å²) in [5, 5.41) is 0. The number of sulfone groups is 1. The summed E-state index contributed by atoms with van der Waals surface area (Å²) in [7, 11) is -7.42. The predicted octanol–water partition coefficient (Wildman–Crippen LogP) is 1.69. The minimum atomic E-state index is -3.89. The number of rotatable bonds is 6. The Morgan fingerprint density at radius 3 is 2.12 bits per heavy atom. The van der Waals surface area contributed by atoms with Gasteiger partial charge in [0.25, 0.3) is 0 Å². The van der Waals surface area contributed by atoms with E-state index in [-0.39, 0.29) is 21.9 Å². The van der Waals surface area contributed by atoms with Gasteiger partial charge < -0.3 is 5.73 Å². The van der Waals surface area contributed by atoms with Crippen molar-refractivity contribution in [2.24, 2.45) is 5.73 Å². The van der Waals surface area contributed by atoms with Crippen LogP contribution in [0.2, 0.25) is 0 Å². The Labute approximate surface area is 149 Å². The van der Waals surface area contributed by atoms with Crippen LogP contribution in [-0.2, 0) is 19.9 Å². The molecule has 0 saturated carbocycles. The normalized spacial score (nSPS) is 13.6. The second-order valence-corrected chi connectivity index (χ2v) is 9.75. The van der Waals surface area contributed by atoms with Crippen molar-refractivity contribution in [3.05, 3.63) is 59.2 Å². The molecule has 0 amide bonds. The predicted molar refractivity (Wildman–Crippen MR) is 97.6 cm³/mol. The van der Waals surface area contributed by atoms with Crippen molar-refractivity contribution in [2.45, 2.75) is 29.7 Å². The summed E-state index contributed by atoms with van der Waals surface area (Å²) in [5.74, 6) is 0. The summed E-state index contributed by atoms with van der Waals surface area (Å²) in [6.07, 6.45) is 1.06. The molecule has 0 spiro atoms. The molecule has 1 atom stereocenters. The summed E-state index contributed by atoms with van der Waals surface area (Å²) >= 11 is 0. The lowest BCUT2D eigenvalue weighted by molar-refractivity contribution is 0.571. The number of aryl methyl sites for hydroxylation is 1. The van der Waals surface area contributed by atoms with E-state index in [0.717, 1.165) is 11.8 Å². The molecule has 2 rings (SSSR count). The van der Waals surface area contributed by atoms with Crippen molar-refractivity contribution in [1.82, 2.24) is 4.72 Å². The Hall–Kier alpha value is -1.74. The van der Waals surface area contributed by atoms with Gasteiger partial charge in [0.2, 0.25) is 10.0 Å². The van der Waals surface area contributed by atoms with E-state index in [0.29, 0.717) is 5.56 Å². The Kier molecular flexibility index (Phi) is 5.68. The fourth-order valence-corrected chi connectivity index (χ4v) is 5.09. The molecule has 0 aliphatic rings. The van der Waals surface area contributed by atoms with Crippen molar-refractivity contribution in [1.29, 1.82) is 0 Å². The molecule has 0 aliphatic carbocycles. The zero-order valence-corrected chi connectivity index (χ0v) is 16.0. The maximum Gasteiger partial charge on any atom is 0.240 e. The van der Waals surface area contributed by atoms with Crippen LogP contribution in [0, 0.1) is 13.8 Å². The zero-order chi connectivity index (χ0) is 18.8. The van der Waals surface area contributed by atoms with Crippen molar-refractivity contribution in [2.75, 3.05) is 12.8 Å². The van der Waals surface area contributed by atoms with E-state index in [1.807, 2.05) is 30.3 Å². The van der Waals surface area contributed by atoms with Gasteiger partial charge >= 0.3 is 0 Å². The lowest BCUT2D eigenvalue weighted by Crippen LogP contribution is -2.32. The minimum absolute atomic E-state index is 0.00787. The largest absolute Gasteiger partial charge is 0.323 e. The summed E-state index contributed by atoms with van der Waals surface area (Å²) in [5.41, 5.74) is 7.59.